The van der Waals surface area contributed by atoms with Gasteiger partial charge in [-0.2, -0.15) is 4.98 Å². The van der Waals surface area contributed by atoms with Crippen molar-refractivity contribution in [2.24, 2.45) is 0 Å². The molecule has 3 aromatic rings. The minimum atomic E-state index is 0.428. The van der Waals surface area contributed by atoms with Crippen LogP contribution in [0.5, 0.6) is 5.75 Å². The zero-order valence-corrected chi connectivity index (χ0v) is 16.6. The van der Waals surface area contributed by atoms with Gasteiger partial charge in [0.25, 0.3) is 0 Å². The van der Waals surface area contributed by atoms with E-state index in [1.54, 1.807) is 12.4 Å². The van der Waals surface area contributed by atoms with Crippen LogP contribution < -0.4 is 20.7 Å². The summed E-state index contributed by atoms with van der Waals surface area (Å²) < 4.78 is 5.46. The molecule has 0 aliphatic heterocycles. The molecule has 0 unspecified atom stereocenters. The van der Waals surface area contributed by atoms with Gasteiger partial charge in [-0.15, -0.1) is 0 Å². The van der Waals surface area contributed by atoms with E-state index in [1.807, 2.05) is 56.3 Å². The fraction of sp³-hybridized carbons (Fsp3) is 0.200. The third-order valence-electron chi connectivity index (χ3n) is 3.69. The van der Waals surface area contributed by atoms with Gasteiger partial charge in [-0.3, -0.25) is 4.98 Å². The number of rotatable bonds is 7. The summed E-state index contributed by atoms with van der Waals surface area (Å²) in [7, 11) is 0. The molecule has 0 saturated carbocycles. The zero-order valence-electron chi connectivity index (χ0n) is 15.8. The Morgan fingerprint density at radius 1 is 1.14 bits per heavy atom. The van der Waals surface area contributed by atoms with Crippen LogP contribution in [0.2, 0.25) is 0 Å². The van der Waals surface area contributed by atoms with E-state index in [9.17, 15) is 0 Å². The summed E-state index contributed by atoms with van der Waals surface area (Å²) in [5, 5.41) is 9.86. The molecule has 3 rings (SSSR count). The molecule has 144 valence electrons. The van der Waals surface area contributed by atoms with Gasteiger partial charge in [0.1, 0.15) is 11.6 Å². The first-order chi connectivity index (χ1) is 13.6. The Balaban J connectivity index is 1.61. The fourth-order valence-electron chi connectivity index (χ4n) is 2.47. The van der Waals surface area contributed by atoms with Crippen molar-refractivity contribution in [3.8, 4) is 5.75 Å². The number of ether oxygens (including phenoxy) is 1. The van der Waals surface area contributed by atoms with E-state index in [2.05, 4.69) is 30.9 Å². The molecule has 0 atom stereocenters. The summed E-state index contributed by atoms with van der Waals surface area (Å²) in [5.41, 5.74) is 2.76. The Morgan fingerprint density at radius 3 is 2.68 bits per heavy atom. The third-order valence-corrected chi connectivity index (χ3v) is 3.94. The topological polar surface area (TPSA) is 84.0 Å². The van der Waals surface area contributed by atoms with Crippen molar-refractivity contribution in [3.63, 3.8) is 0 Å². The summed E-state index contributed by atoms with van der Waals surface area (Å²) in [4.78, 5) is 12.9. The van der Waals surface area contributed by atoms with E-state index in [-0.39, 0.29) is 0 Å². The maximum atomic E-state index is 5.46. The average Bonchev–Trinajstić information content (AvgIpc) is 2.68. The Kier molecular flexibility index (Phi) is 6.69. The average molecular weight is 395 g/mol. The van der Waals surface area contributed by atoms with Gasteiger partial charge in [-0.1, -0.05) is 6.07 Å². The molecule has 7 nitrogen and oxygen atoms in total. The van der Waals surface area contributed by atoms with Crippen molar-refractivity contribution in [3.05, 3.63) is 66.1 Å². The maximum absolute atomic E-state index is 5.46. The molecule has 0 radical (unpaired) electrons. The molecule has 0 fully saturated rings. The van der Waals surface area contributed by atoms with Gasteiger partial charge in [0.05, 0.1) is 6.61 Å². The monoisotopic (exact) mass is 394 g/mol. The van der Waals surface area contributed by atoms with Crippen LogP contribution in [0.4, 0.5) is 17.5 Å². The summed E-state index contributed by atoms with van der Waals surface area (Å²) >= 11 is 5.33. The van der Waals surface area contributed by atoms with Crippen LogP contribution in [0, 0.1) is 6.92 Å². The smallest absolute Gasteiger partial charge is 0.231 e. The van der Waals surface area contributed by atoms with Gasteiger partial charge in [-0.05, 0) is 62.0 Å². The Morgan fingerprint density at radius 2 is 1.96 bits per heavy atom. The lowest BCUT2D eigenvalue weighted by Crippen LogP contribution is -2.28. The van der Waals surface area contributed by atoms with E-state index in [1.165, 1.54) is 0 Å². The van der Waals surface area contributed by atoms with E-state index >= 15 is 0 Å². The molecule has 0 amide bonds. The molecule has 8 heteroatoms. The highest BCUT2D eigenvalue weighted by molar-refractivity contribution is 7.80. The molecule has 3 N–H and O–H groups in total. The number of aromatic nitrogens is 3. The number of nitrogens with one attached hydrogen (secondary N) is 3. The van der Waals surface area contributed by atoms with Crippen molar-refractivity contribution in [2.75, 3.05) is 17.2 Å². The largest absolute Gasteiger partial charge is 0.494 e. The maximum Gasteiger partial charge on any atom is 0.231 e. The quantitative estimate of drug-likeness (QED) is 0.522. The van der Waals surface area contributed by atoms with E-state index in [0.29, 0.717) is 30.0 Å². The number of anilines is 3. The second-order valence-electron chi connectivity index (χ2n) is 5.97. The number of hydrogen-bond acceptors (Lipinski definition) is 6. The lowest BCUT2D eigenvalue weighted by atomic mass is 10.3. The molecule has 1 aromatic carbocycles. The van der Waals surface area contributed by atoms with Crippen LogP contribution in [0.15, 0.2) is 54.9 Å². The lowest BCUT2D eigenvalue weighted by Gasteiger charge is -2.12. The Bertz CT molecular complexity index is 918. The first-order valence-electron chi connectivity index (χ1n) is 8.91. The summed E-state index contributed by atoms with van der Waals surface area (Å²) in [6, 6.07) is 13.4. The molecule has 0 aliphatic carbocycles. The molecule has 28 heavy (non-hydrogen) atoms. The highest BCUT2D eigenvalue weighted by atomic mass is 32.1. The fourth-order valence-corrected chi connectivity index (χ4v) is 2.63. The Hall–Kier alpha value is -3.26. The number of aryl methyl sites for hydroxylation is 1. The first-order valence-corrected chi connectivity index (χ1v) is 9.32. The van der Waals surface area contributed by atoms with E-state index in [0.717, 1.165) is 22.7 Å². The zero-order chi connectivity index (χ0) is 19.8. The van der Waals surface area contributed by atoms with Crippen molar-refractivity contribution < 1.29 is 4.74 Å². The lowest BCUT2D eigenvalue weighted by molar-refractivity contribution is 0.340. The van der Waals surface area contributed by atoms with Crippen molar-refractivity contribution in [1.82, 2.24) is 20.3 Å². The second-order valence-corrected chi connectivity index (χ2v) is 6.38. The summed E-state index contributed by atoms with van der Waals surface area (Å²) in [6.07, 6.45) is 3.52. The molecule has 2 heterocycles. The van der Waals surface area contributed by atoms with Crippen molar-refractivity contribution in [1.29, 1.82) is 0 Å². The van der Waals surface area contributed by atoms with Crippen LogP contribution in [-0.4, -0.2) is 26.7 Å². The first kappa shape index (κ1) is 19.5. The van der Waals surface area contributed by atoms with Gasteiger partial charge in [0, 0.05) is 36.4 Å². The predicted octanol–water partition coefficient (Wildman–Crippen LogP) is 3.81. The number of nitrogens with zero attached hydrogens (tertiary/aromatic N) is 3. The van der Waals surface area contributed by atoms with Crippen molar-refractivity contribution in [2.45, 2.75) is 20.4 Å². The van der Waals surface area contributed by atoms with Crippen LogP contribution in [0.3, 0.4) is 0 Å². The molecule has 2 aromatic heterocycles. The van der Waals surface area contributed by atoms with Gasteiger partial charge in [0.15, 0.2) is 5.11 Å². The van der Waals surface area contributed by atoms with E-state index in [4.69, 9.17) is 17.0 Å². The molecule has 0 aliphatic rings. The number of benzene rings is 1. The molecule has 0 spiro atoms. The normalized spacial score (nSPS) is 10.2. The summed E-state index contributed by atoms with van der Waals surface area (Å²) in [6.45, 7) is 5.08. The van der Waals surface area contributed by atoms with E-state index < -0.39 is 0 Å². The molecule has 0 bridgehead atoms. The van der Waals surface area contributed by atoms with Gasteiger partial charge in [-0.25, -0.2) is 4.98 Å². The predicted molar refractivity (Wildman–Crippen MR) is 115 cm³/mol. The second kappa shape index (κ2) is 9.61. The minimum Gasteiger partial charge on any atom is -0.494 e. The Labute approximate surface area is 169 Å². The molecular formula is C20H22N6OS. The minimum absolute atomic E-state index is 0.428. The van der Waals surface area contributed by atoms with Gasteiger partial charge < -0.3 is 20.7 Å². The van der Waals surface area contributed by atoms with Gasteiger partial charge in [0.2, 0.25) is 5.95 Å². The van der Waals surface area contributed by atoms with Crippen LogP contribution >= 0.6 is 12.2 Å². The highest BCUT2D eigenvalue weighted by Crippen LogP contribution is 2.20. The number of pyridine rings is 1. The third kappa shape index (κ3) is 5.88. The number of hydrogen-bond donors (Lipinski definition) is 3. The van der Waals surface area contributed by atoms with Gasteiger partial charge >= 0.3 is 0 Å². The SMILES string of the molecule is CCOc1ccc(Nc2cc(C)nc(NC(=S)NCc3cccnc3)n2)cc1. The summed E-state index contributed by atoms with van der Waals surface area (Å²) in [5.74, 6) is 1.94. The van der Waals surface area contributed by atoms with Crippen LogP contribution in [0.1, 0.15) is 18.2 Å². The molecular weight excluding hydrogens is 372 g/mol. The van der Waals surface area contributed by atoms with Crippen LogP contribution in [-0.2, 0) is 6.54 Å². The van der Waals surface area contributed by atoms with Crippen molar-refractivity contribution >= 4 is 34.8 Å². The number of thiocarbonyl (C=S) groups is 1. The highest BCUT2D eigenvalue weighted by Gasteiger charge is 2.05. The molecule has 0 saturated heterocycles. The van der Waals surface area contributed by atoms with Crippen LogP contribution in [0.25, 0.3) is 0 Å². The standard InChI is InChI=1S/C20H22N6OS/c1-3-27-17-8-6-16(7-9-17)24-18-11-14(2)23-19(25-18)26-20(28)22-13-15-5-4-10-21-12-15/h4-12H,3,13H2,1-2H3,(H3,22,23,24,25,26,28).